The highest BCUT2D eigenvalue weighted by Crippen LogP contribution is 2.27. The molecule has 0 aliphatic heterocycles. The van der Waals surface area contributed by atoms with Crippen LogP contribution in [0.2, 0.25) is 0 Å². The molecule has 3 N–H and O–H groups in total. The van der Waals surface area contributed by atoms with Gasteiger partial charge < -0.3 is 15.5 Å². The van der Waals surface area contributed by atoms with Crippen molar-refractivity contribution in [3.63, 3.8) is 0 Å². The first-order valence-corrected chi connectivity index (χ1v) is 5.27. The van der Waals surface area contributed by atoms with E-state index in [0.29, 0.717) is 0 Å². The number of aromatic hydroxyl groups is 1. The van der Waals surface area contributed by atoms with Gasteiger partial charge in [-0.1, -0.05) is 11.3 Å². The lowest BCUT2D eigenvalue weighted by atomic mass is 10.1. The number of phenols is 1. The van der Waals surface area contributed by atoms with Gasteiger partial charge >= 0.3 is 5.97 Å². The van der Waals surface area contributed by atoms with Crippen molar-refractivity contribution < 1.29 is 19.8 Å². The molecule has 2 aromatic rings. The summed E-state index contributed by atoms with van der Waals surface area (Å²) < 4.78 is 1.30. The van der Waals surface area contributed by atoms with Crippen LogP contribution in [0.3, 0.4) is 0 Å². The second kappa shape index (κ2) is 5.17. The van der Waals surface area contributed by atoms with E-state index < -0.39 is 17.6 Å². The maximum Gasteiger partial charge on any atom is 0.339 e. The number of hydrogen-bond donors (Lipinski definition) is 3. The molecule has 1 heterocycles. The van der Waals surface area contributed by atoms with Crippen LogP contribution in [0.1, 0.15) is 10.4 Å². The van der Waals surface area contributed by atoms with Gasteiger partial charge in [0.1, 0.15) is 12.1 Å². The van der Waals surface area contributed by atoms with Crippen LogP contribution in [0.5, 0.6) is 5.75 Å². The Morgan fingerprint density at radius 2 is 2.16 bits per heavy atom. The van der Waals surface area contributed by atoms with Crippen molar-refractivity contribution >= 4 is 17.6 Å². The van der Waals surface area contributed by atoms with Crippen molar-refractivity contribution in [2.24, 2.45) is 0 Å². The molecule has 1 amide bonds. The van der Waals surface area contributed by atoms with Crippen LogP contribution in [0, 0.1) is 0 Å². The molecule has 1 aromatic heterocycles. The third-order valence-corrected chi connectivity index (χ3v) is 2.32. The molecule has 8 heteroatoms. The van der Waals surface area contributed by atoms with Gasteiger partial charge in [0.15, 0.2) is 5.75 Å². The molecule has 0 saturated heterocycles. The van der Waals surface area contributed by atoms with E-state index in [0.717, 1.165) is 0 Å². The number of nitrogens with one attached hydrogen (secondary N) is 1. The molecule has 0 spiro atoms. The van der Waals surface area contributed by atoms with Crippen molar-refractivity contribution in [2.45, 2.75) is 6.54 Å². The lowest BCUT2D eigenvalue weighted by Gasteiger charge is -2.08. The summed E-state index contributed by atoms with van der Waals surface area (Å²) in [6, 6.07) is 4.07. The molecule has 8 nitrogen and oxygen atoms in total. The highest BCUT2D eigenvalue weighted by atomic mass is 16.4. The number of aromatic carboxylic acids is 1. The Kier molecular flexibility index (Phi) is 3.42. The Labute approximate surface area is 107 Å². The third-order valence-electron chi connectivity index (χ3n) is 2.32. The highest BCUT2D eigenvalue weighted by molar-refractivity contribution is 5.97. The van der Waals surface area contributed by atoms with E-state index in [1.165, 1.54) is 35.3 Å². The van der Waals surface area contributed by atoms with Crippen molar-refractivity contribution in [3.05, 3.63) is 36.2 Å². The Morgan fingerprint density at radius 1 is 1.37 bits per heavy atom. The van der Waals surface area contributed by atoms with E-state index in [1.54, 1.807) is 0 Å². The molecule has 0 bridgehead atoms. The van der Waals surface area contributed by atoms with Crippen LogP contribution >= 0.6 is 0 Å². The fourth-order valence-electron chi connectivity index (χ4n) is 1.47. The normalized spacial score (nSPS) is 10.1. The zero-order valence-corrected chi connectivity index (χ0v) is 9.65. The van der Waals surface area contributed by atoms with Crippen LogP contribution in [-0.4, -0.2) is 37.1 Å². The maximum atomic E-state index is 11.7. The third kappa shape index (κ3) is 2.86. The van der Waals surface area contributed by atoms with E-state index >= 15 is 0 Å². The van der Waals surface area contributed by atoms with Crippen LogP contribution in [0.15, 0.2) is 30.6 Å². The van der Waals surface area contributed by atoms with E-state index in [1.807, 2.05) is 0 Å². The van der Waals surface area contributed by atoms with Crippen LogP contribution in [-0.2, 0) is 11.3 Å². The van der Waals surface area contributed by atoms with Crippen LogP contribution in [0.25, 0.3) is 0 Å². The van der Waals surface area contributed by atoms with Gasteiger partial charge in [0.2, 0.25) is 5.91 Å². The number of para-hydroxylation sites is 1. The van der Waals surface area contributed by atoms with Gasteiger partial charge in [0, 0.05) is 6.20 Å². The lowest BCUT2D eigenvalue weighted by molar-refractivity contribution is -0.116. The smallest absolute Gasteiger partial charge is 0.339 e. The Balaban J connectivity index is 2.13. The monoisotopic (exact) mass is 262 g/mol. The SMILES string of the molecule is O=C(Cn1ccnn1)Nc1cccc(C(=O)O)c1O. The standard InChI is InChI=1S/C11H10N4O4/c16-9(6-15-5-4-12-14-15)13-8-3-1-2-7(10(8)17)11(18)19/h1-5,17H,6H2,(H,13,16)(H,18,19). The van der Waals surface area contributed by atoms with Gasteiger partial charge in [-0.05, 0) is 12.1 Å². The first kappa shape index (κ1) is 12.6. The molecule has 0 fully saturated rings. The Hall–Kier alpha value is -2.90. The Bertz CT molecular complexity index is 609. The number of carbonyl (C=O) groups excluding carboxylic acids is 1. The highest BCUT2D eigenvalue weighted by Gasteiger charge is 2.14. The minimum Gasteiger partial charge on any atom is -0.505 e. The van der Waals surface area contributed by atoms with E-state index in [4.69, 9.17) is 5.11 Å². The summed E-state index contributed by atoms with van der Waals surface area (Å²) >= 11 is 0. The number of aromatic nitrogens is 3. The van der Waals surface area contributed by atoms with Crippen molar-refractivity contribution in [3.8, 4) is 5.75 Å². The molecule has 1 aromatic carbocycles. The summed E-state index contributed by atoms with van der Waals surface area (Å²) in [6.07, 6.45) is 2.93. The van der Waals surface area contributed by atoms with Gasteiger partial charge in [-0.2, -0.15) is 0 Å². The van der Waals surface area contributed by atoms with E-state index in [9.17, 15) is 14.7 Å². The lowest BCUT2D eigenvalue weighted by Crippen LogP contribution is -2.19. The summed E-state index contributed by atoms with van der Waals surface area (Å²) in [5.74, 6) is -2.21. The summed E-state index contributed by atoms with van der Waals surface area (Å²) in [6.45, 7) is -0.0866. The first-order chi connectivity index (χ1) is 9.08. The maximum absolute atomic E-state index is 11.7. The van der Waals surface area contributed by atoms with E-state index in [-0.39, 0.29) is 17.8 Å². The second-order valence-electron chi connectivity index (χ2n) is 3.66. The molecule has 0 aliphatic carbocycles. The zero-order valence-electron chi connectivity index (χ0n) is 9.65. The summed E-state index contributed by atoms with van der Waals surface area (Å²) in [7, 11) is 0. The number of anilines is 1. The molecule has 0 atom stereocenters. The zero-order chi connectivity index (χ0) is 13.8. The second-order valence-corrected chi connectivity index (χ2v) is 3.66. The van der Waals surface area contributed by atoms with Gasteiger partial charge in [0.25, 0.3) is 0 Å². The topological polar surface area (TPSA) is 117 Å². The molecular formula is C11H10N4O4. The van der Waals surface area contributed by atoms with Crippen molar-refractivity contribution in [1.82, 2.24) is 15.0 Å². The largest absolute Gasteiger partial charge is 0.505 e. The number of carboxylic acids is 1. The molecule has 98 valence electrons. The van der Waals surface area contributed by atoms with Gasteiger partial charge in [-0.25, -0.2) is 9.48 Å². The number of carbonyl (C=O) groups is 2. The predicted molar refractivity (Wildman–Crippen MR) is 63.7 cm³/mol. The molecule has 19 heavy (non-hydrogen) atoms. The number of rotatable bonds is 4. The minimum absolute atomic E-state index is 0.0324. The summed E-state index contributed by atoms with van der Waals surface area (Å²) in [5, 5.41) is 28.1. The predicted octanol–water partition coefficient (Wildman–Crippen LogP) is 0.321. The van der Waals surface area contributed by atoms with Crippen molar-refractivity contribution in [2.75, 3.05) is 5.32 Å². The number of hydrogen-bond acceptors (Lipinski definition) is 5. The molecule has 0 radical (unpaired) electrons. The first-order valence-electron chi connectivity index (χ1n) is 5.27. The van der Waals surface area contributed by atoms with Gasteiger partial charge in [-0.15, -0.1) is 5.10 Å². The quantitative estimate of drug-likeness (QED) is 0.683. The van der Waals surface area contributed by atoms with Gasteiger partial charge in [-0.3, -0.25) is 4.79 Å². The Morgan fingerprint density at radius 3 is 2.79 bits per heavy atom. The molecule has 0 saturated carbocycles. The molecular weight excluding hydrogens is 252 g/mol. The molecule has 0 aliphatic rings. The van der Waals surface area contributed by atoms with Gasteiger partial charge in [0.05, 0.1) is 11.9 Å². The number of nitrogens with zero attached hydrogens (tertiary/aromatic N) is 3. The van der Waals surface area contributed by atoms with Crippen LogP contribution in [0.4, 0.5) is 5.69 Å². The summed E-state index contributed by atoms with van der Waals surface area (Å²) in [4.78, 5) is 22.5. The number of amides is 1. The van der Waals surface area contributed by atoms with Crippen molar-refractivity contribution in [1.29, 1.82) is 0 Å². The average molecular weight is 262 g/mol. The fourth-order valence-corrected chi connectivity index (χ4v) is 1.47. The fraction of sp³-hybridized carbons (Fsp3) is 0.0909. The van der Waals surface area contributed by atoms with Crippen LogP contribution < -0.4 is 5.32 Å². The average Bonchev–Trinajstić information content (AvgIpc) is 2.84. The number of benzene rings is 1. The molecule has 0 unspecified atom stereocenters. The minimum atomic E-state index is -1.27. The molecule has 2 rings (SSSR count). The van der Waals surface area contributed by atoms with E-state index in [2.05, 4.69) is 15.6 Å². The number of carboxylic acid groups (broad SMARTS) is 1. The summed E-state index contributed by atoms with van der Waals surface area (Å²) in [5.41, 5.74) is -0.247.